The SMILES string of the molecule is CCCNc1nc(NCC(C)SC)nc(-n2cccn2)n1. The van der Waals surface area contributed by atoms with Gasteiger partial charge in [0.25, 0.3) is 5.95 Å². The molecule has 2 N–H and O–H groups in total. The minimum Gasteiger partial charge on any atom is -0.354 e. The molecule has 2 aromatic rings. The van der Waals surface area contributed by atoms with E-state index in [9.17, 15) is 0 Å². The topological polar surface area (TPSA) is 80.5 Å². The largest absolute Gasteiger partial charge is 0.354 e. The van der Waals surface area contributed by atoms with Crippen molar-refractivity contribution in [2.45, 2.75) is 25.5 Å². The Morgan fingerprint density at radius 3 is 2.62 bits per heavy atom. The van der Waals surface area contributed by atoms with Crippen LogP contribution in [-0.4, -0.2) is 49.3 Å². The average molecular weight is 307 g/mol. The first-order valence-corrected chi connectivity index (χ1v) is 8.28. The standard InChI is InChI=1S/C13H21N7S/c1-4-6-14-11-17-12(15-9-10(2)21-3)19-13(18-11)20-8-5-7-16-20/h5,7-8,10H,4,6,9H2,1-3H3,(H2,14,15,17,18,19). The maximum Gasteiger partial charge on any atom is 0.257 e. The van der Waals surface area contributed by atoms with E-state index in [2.05, 4.69) is 50.8 Å². The number of nitrogens with zero attached hydrogens (tertiary/aromatic N) is 5. The van der Waals surface area contributed by atoms with E-state index in [1.807, 2.05) is 12.3 Å². The van der Waals surface area contributed by atoms with Crippen LogP contribution in [0.3, 0.4) is 0 Å². The average Bonchev–Trinajstić information content (AvgIpc) is 3.04. The number of rotatable bonds is 8. The smallest absolute Gasteiger partial charge is 0.257 e. The number of thioether (sulfide) groups is 1. The second kappa shape index (κ2) is 7.82. The Kier molecular flexibility index (Phi) is 5.79. The maximum atomic E-state index is 4.41. The highest BCUT2D eigenvalue weighted by Gasteiger charge is 2.09. The molecule has 2 aromatic heterocycles. The molecule has 0 fully saturated rings. The molecular formula is C13H21N7S. The zero-order valence-corrected chi connectivity index (χ0v) is 13.4. The fraction of sp³-hybridized carbons (Fsp3) is 0.538. The highest BCUT2D eigenvalue weighted by atomic mass is 32.2. The lowest BCUT2D eigenvalue weighted by atomic mass is 10.5. The summed E-state index contributed by atoms with van der Waals surface area (Å²) in [5.41, 5.74) is 0. The van der Waals surface area contributed by atoms with Crippen molar-refractivity contribution in [3.8, 4) is 5.95 Å². The molecule has 21 heavy (non-hydrogen) atoms. The molecule has 8 heteroatoms. The fourth-order valence-electron chi connectivity index (χ4n) is 1.57. The molecule has 0 saturated heterocycles. The zero-order chi connectivity index (χ0) is 15.1. The first kappa shape index (κ1) is 15.6. The normalized spacial score (nSPS) is 12.1. The molecule has 2 rings (SSSR count). The summed E-state index contributed by atoms with van der Waals surface area (Å²) in [6.45, 7) is 5.88. The molecule has 0 saturated carbocycles. The lowest BCUT2D eigenvalue weighted by Crippen LogP contribution is -2.17. The van der Waals surface area contributed by atoms with Crippen molar-refractivity contribution in [2.24, 2.45) is 0 Å². The molecule has 0 radical (unpaired) electrons. The summed E-state index contributed by atoms with van der Waals surface area (Å²) in [7, 11) is 0. The highest BCUT2D eigenvalue weighted by Crippen LogP contribution is 2.11. The molecule has 1 unspecified atom stereocenters. The summed E-state index contributed by atoms with van der Waals surface area (Å²) in [6.07, 6.45) is 6.61. The quantitative estimate of drug-likeness (QED) is 0.772. The van der Waals surface area contributed by atoms with Gasteiger partial charge >= 0.3 is 0 Å². The van der Waals surface area contributed by atoms with E-state index in [0.29, 0.717) is 23.1 Å². The molecule has 114 valence electrons. The van der Waals surface area contributed by atoms with Crippen LogP contribution in [-0.2, 0) is 0 Å². The third-order valence-electron chi connectivity index (χ3n) is 2.82. The Labute approximate surface area is 129 Å². The monoisotopic (exact) mass is 307 g/mol. The summed E-state index contributed by atoms with van der Waals surface area (Å²) in [5.74, 6) is 1.64. The fourth-order valence-corrected chi connectivity index (χ4v) is 1.82. The summed E-state index contributed by atoms with van der Waals surface area (Å²) >= 11 is 1.80. The molecule has 0 aromatic carbocycles. The number of nitrogens with one attached hydrogen (secondary N) is 2. The van der Waals surface area contributed by atoms with E-state index < -0.39 is 0 Å². The number of hydrogen-bond acceptors (Lipinski definition) is 7. The highest BCUT2D eigenvalue weighted by molar-refractivity contribution is 7.99. The van der Waals surface area contributed by atoms with Gasteiger partial charge < -0.3 is 10.6 Å². The van der Waals surface area contributed by atoms with E-state index >= 15 is 0 Å². The molecule has 0 bridgehead atoms. The summed E-state index contributed by atoms with van der Waals surface area (Å²) in [6, 6.07) is 1.84. The molecular weight excluding hydrogens is 286 g/mol. The molecule has 0 aliphatic heterocycles. The molecule has 0 amide bonds. The van der Waals surface area contributed by atoms with E-state index in [0.717, 1.165) is 19.5 Å². The van der Waals surface area contributed by atoms with Gasteiger partial charge in [0.1, 0.15) is 0 Å². The summed E-state index contributed by atoms with van der Waals surface area (Å²) in [4.78, 5) is 13.2. The van der Waals surface area contributed by atoms with Crippen molar-refractivity contribution in [2.75, 3.05) is 30.0 Å². The van der Waals surface area contributed by atoms with Crippen LogP contribution in [0.5, 0.6) is 0 Å². The minimum atomic E-state index is 0.488. The van der Waals surface area contributed by atoms with Crippen LogP contribution < -0.4 is 10.6 Å². The summed E-state index contributed by atoms with van der Waals surface area (Å²) in [5, 5.41) is 11.1. The predicted molar refractivity (Wildman–Crippen MR) is 87.2 cm³/mol. The van der Waals surface area contributed by atoms with Gasteiger partial charge in [-0.05, 0) is 18.7 Å². The second-order valence-corrected chi connectivity index (χ2v) is 5.86. The Morgan fingerprint density at radius 2 is 2.00 bits per heavy atom. The van der Waals surface area contributed by atoms with Crippen LogP contribution in [0.2, 0.25) is 0 Å². The lowest BCUT2D eigenvalue weighted by Gasteiger charge is -2.12. The van der Waals surface area contributed by atoms with Gasteiger partial charge in [-0.3, -0.25) is 0 Å². The summed E-state index contributed by atoms with van der Waals surface area (Å²) < 4.78 is 1.63. The van der Waals surface area contributed by atoms with Crippen molar-refractivity contribution in [1.29, 1.82) is 0 Å². The predicted octanol–water partition coefficient (Wildman–Crippen LogP) is 2.04. The van der Waals surface area contributed by atoms with Crippen LogP contribution in [0.15, 0.2) is 18.5 Å². The first-order chi connectivity index (χ1) is 10.2. The van der Waals surface area contributed by atoms with Gasteiger partial charge in [-0.1, -0.05) is 13.8 Å². The molecule has 2 heterocycles. The van der Waals surface area contributed by atoms with E-state index in [1.165, 1.54) is 0 Å². The lowest BCUT2D eigenvalue weighted by molar-refractivity contribution is 0.792. The van der Waals surface area contributed by atoms with E-state index in [1.54, 1.807) is 22.6 Å². The van der Waals surface area contributed by atoms with Gasteiger partial charge in [0.15, 0.2) is 0 Å². The molecule has 0 aliphatic rings. The maximum absolute atomic E-state index is 4.41. The van der Waals surface area contributed by atoms with Crippen LogP contribution in [0, 0.1) is 0 Å². The number of hydrogen-bond donors (Lipinski definition) is 2. The van der Waals surface area contributed by atoms with Gasteiger partial charge in [0.2, 0.25) is 11.9 Å². The Morgan fingerprint density at radius 1 is 1.24 bits per heavy atom. The van der Waals surface area contributed by atoms with Crippen molar-refractivity contribution in [3.63, 3.8) is 0 Å². The van der Waals surface area contributed by atoms with Crippen LogP contribution in [0.4, 0.5) is 11.9 Å². The van der Waals surface area contributed by atoms with Crippen LogP contribution >= 0.6 is 11.8 Å². The molecule has 0 aliphatic carbocycles. The number of anilines is 2. The van der Waals surface area contributed by atoms with E-state index in [4.69, 9.17) is 0 Å². The van der Waals surface area contributed by atoms with Gasteiger partial charge in [-0.15, -0.1) is 0 Å². The van der Waals surface area contributed by atoms with Crippen LogP contribution in [0.25, 0.3) is 5.95 Å². The van der Waals surface area contributed by atoms with Crippen molar-refractivity contribution >= 4 is 23.7 Å². The van der Waals surface area contributed by atoms with Gasteiger partial charge in [-0.2, -0.15) is 31.8 Å². The Balaban J connectivity index is 2.20. The second-order valence-electron chi connectivity index (χ2n) is 4.59. The number of aromatic nitrogens is 5. The minimum absolute atomic E-state index is 0.488. The van der Waals surface area contributed by atoms with E-state index in [-0.39, 0.29) is 0 Å². The molecule has 7 nitrogen and oxygen atoms in total. The third kappa shape index (κ3) is 4.59. The zero-order valence-electron chi connectivity index (χ0n) is 12.6. The van der Waals surface area contributed by atoms with Crippen molar-refractivity contribution in [3.05, 3.63) is 18.5 Å². The van der Waals surface area contributed by atoms with Crippen molar-refractivity contribution < 1.29 is 0 Å². The Bertz CT molecular complexity index is 543. The molecule has 0 spiro atoms. The Hall–Kier alpha value is -1.83. The van der Waals surface area contributed by atoms with Gasteiger partial charge in [-0.25, -0.2) is 4.68 Å². The van der Waals surface area contributed by atoms with Crippen LogP contribution in [0.1, 0.15) is 20.3 Å². The first-order valence-electron chi connectivity index (χ1n) is 6.99. The molecule has 1 atom stereocenters. The third-order valence-corrected chi connectivity index (χ3v) is 3.79. The van der Waals surface area contributed by atoms with Crippen molar-refractivity contribution in [1.82, 2.24) is 24.7 Å². The van der Waals surface area contributed by atoms with Gasteiger partial charge in [0, 0.05) is 30.7 Å². The van der Waals surface area contributed by atoms with Gasteiger partial charge in [0.05, 0.1) is 0 Å².